The fourth-order valence-electron chi connectivity index (χ4n) is 3.23. The predicted molar refractivity (Wildman–Crippen MR) is 94.9 cm³/mol. The van der Waals surface area contributed by atoms with Crippen LogP contribution in [-0.4, -0.2) is 45.9 Å². The first-order valence-electron chi connectivity index (χ1n) is 8.83. The molecule has 6 nitrogen and oxygen atoms in total. The van der Waals surface area contributed by atoms with Crippen LogP contribution in [0, 0.1) is 11.7 Å². The van der Waals surface area contributed by atoms with Crippen molar-refractivity contribution < 1.29 is 14.0 Å². The third-order valence-electron chi connectivity index (χ3n) is 4.74. The van der Waals surface area contributed by atoms with Gasteiger partial charge in [0.2, 0.25) is 5.91 Å². The fraction of sp³-hybridized carbons (Fsp3) is 0.421. The summed E-state index contributed by atoms with van der Waals surface area (Å²) in [6.07, 6.45) is 5.82. The minimum absolute atomic E-state index is 0.0317. The van der Waals surface area contributed by atoms with E-state index in [2.05, 4.69) is 10.3 Å². The van der Waals surface area contributed by atoms with E-state index < -0.39 is 0 Å². The van der Waals surface area contributed by atoms with Gasteiger partial charge in [-0.25, -0.2) is 9.37 Å². The Bertz CT molecular complexity index is 772. The number of benzene rings is 1. The zero-order valence-corrected chi connectivity index (χ0v) is 14.8. The van der Waals surface area contributed by atoms with E-state index in [1.165, 1.54) is 24.3 Å². The van der Waals surface area contributed by atoms with Gasteiger partial charge in [0.15, 0.2) is 0 Å². The van der Waals surface area contributed by atoms with Crippen molar-refractivity contribution >= 4 is 11.8 Å². The number of hydrogen-bond donors (Lipinski definition) is 1. The van der Waals surface area contributed by atoms with Crippen LogP contribution in [0.3, 0.4) is 0 Å². The van der Waals surface area contributed by atoms with Gasteiger partial charge >= 0.3 is 0 Å². The Morgan fingerprint density at radius 2 is 2.08 bits per heavy atom. The van der Waals surface area contributed by atoms with Gasteiger partial charge in [0, 0.05) is 51.1 Å². The number of rotatable bonds is 5. The van der Waals surface area contributed by atoms with E-state index in [9.17, 15) is 14.0 Å². The van der Waals surface area contributed by atoms with Crippen LogP contribution in [-0.2, 0) is 18.3 Å². The normalized spacial score (nSPS) is 17.2. The maximum atomic E-state index is 13.0. The highest BCUT2D eigenvalue weighted by atomic mass is 19.1. The number of likely N-dealkylation sites (tertiary alicyclic amines) is 1. The lowest BCUT2D eigenvalue weighted by Gasteiger charge is -2.32. The predicted octanol–water partition coefficient (Wildman–Crippen LogP) is 1.77. The number of nitrogens with zero attached hydrogens (tertiary/aromatic N) is 3. The van der Waals surface area contributed by atoms with E-state index >= 15 is 0 Å². The van der Waals surface area contributed by atoms with Crippen LogP contribution in [0.25, 0.3) is 0 Å². The van der Waals surface area contributed by atoms with Gasteiger partial charge in [0.05, 0.1) is 5.92 Å². The quantitative estimate of drug-likeness (QED) is 0.886. The number of amides is 2. The molecule has 2 aromatic rings. The number of carbonyl (C=O) groups is 2. The monoisotopic (exact) mass is 358 g/mol. The fourth-order valence-corrected chi connectivity index (χ4v) is 3.23. The van der Waals surface area contributed by atoms with Crippen LogP contribution >= 0.6 is 0 Å². The molecule has 1 aromatic carbocycles. The summed E-state index contributed by atoms with van der Waals surface area (Å²) in [6.45, 7) is 1.53. The molecule has 0 bridgehead atoms. The maximum Gasteiger partial charge on any atom is 0.253 e. The molecule has 1 fully saturated rings. The summed E-state index contributed by atoms with van der Waals surface area (Å²) >= 11 is 0. The minimum atomic E-state index is -0.370. The van der Waals surface area contributed by atoms with Gasteiger partial charge in [-0.15, -0.1) is 0 Å². The number of imidazole rings is 1. The van der Waals surface area contributed by atoms with Crippen molar-refractivity contribution in [1.29, 1.82) is 0 Å². The second kappa shape index (κ2) is 8.12. The Balaban J connectivity index is 1.52. The topological polar surface area (TPSA) is 67.2 Å². The summed E-state index contributed by atoms with van der Waals surface area (Å²) in [5.74, 6) is 0.146. The van der Waals surface area contributed by atoms with Gasteiger partial charge in [-0.2, -0.15) is 0 Å². The van der Waals surface area contributed by atoms with Crippen LogP contribution in [0.15, 0.2) is 36.7 Å². The Kier molecular flexibility index (Phi) is 5.65. The van der Waals surface area contributed by atoms with Crippen molar-refractivity contribution in [3.8, 4) is 0 Å². The molecule has 1 aliphatic rings. The molecule has 1 atom stereocenters. The van der Waals surface area contributed by atoms with Crippen molar-refractivity contribution in [1.82, 2.24) is 19.8 Å². The van der Waals surface area contributed by atoms with Crippen molar-refractivity contribution in [3.05, 3.63) is 53.9 Å². The van der Waals surface area contributed by atoms with Gasteiger partial charge in [0.25, 0.3) is 5.91 Å². The van der Waals surface area contributed by atoms with E-state index in [-0.39, 0.29) is 23.5 Å². The molecule has 0 saturated carbocycles. The summed E-state index contributed by atoms with van der Waals surface area (Å²) in [5, 5.41) is 2.94. The molecular formula is C19H23FN4O2. The molecule has 1 unspecified atom stereocenters. The molecule has 2 heterocycles. The highest BCUT2D eigenvalue weighted by Crippen LogP contribution is 2.19. The van der Waals surface area contributed by atoms with Gasteiger partial charge in [-0.1, -0.05) is 0 Å². The highest BCUT2D eigenvalue weighted by molar-refractivity contribution is 5.94. The molecule has 0 aliphatic carbocycles. The van der Waals surface area contributed by atoms with Crippen LogP contribution < -0.4 is 5.32 Å². The lowest BCUT2D eigenvalue weighted by molar-refractivity contribution is -0.126. The second-order valence-corrected chi connectivity index (χ2v) is 6.59. The van der Waals surface area contributed by atoms with Crippen LogP contribution in [0.1, 0.15) is 29.0 Å². The largest absolute Gasteiger partial charge is 0.355 e. The van der Waals surface area contributed by atoms with Crippen molar-refractivity contribution in [2.24, 2.45) is 13.0 Å². The van der Waals surface area contributed by atoms with Gasteiger partial charge in [-0.3, -0.25) is 9.59 Å². The molecule has 1 saturated heterocycles. The van der Waals surface area contributed by atoms with E-state index in [1.54, 1.807) is 11.1 Å². The first kappa shape index (κ1) is 18.1. The van der Waals surface area contributed by atoms with E-state index in [4.69, 9.17) is 0 Å². The number of aryl methyl sites for hydroxylation is 1. The molecule has 0 spiro atoms. The molecule has 7 heteroatoms. The summed E-state index contributed by atoms with van der Waals surface area (Å²) in [6, 6.07) is 5.51. The van der Waals surface area contributed by atoms with Gasteiger partial charge < -0.3 is 14.8 Å². The number of nitrogens with one attached hydrogen (secondary N) is 1. The van der Waals surface area contributed by atoms with Crippen LogP contribution in [0.4, 0.5) is 4.39 Å². The zero-order chi connectivity index (χ0) is 18.5. The Labute approximate surface area is 152 Å². The van der Waals surface area contributed by atoms with Gasteiger partial charge in [-0.05, 0) is 37.1 Å². The third kappa shape index (κ3) is 4.28. The maximum absolute atomic E-state index is 13.0. The smallest absolute Gasteiger partial charge is 0.253 e. The average molecular weight is 358 g/mol. The number of carbonyl (C=O) groups excluding carboxylic acids is 2. The molecule has 1 aromatic heterocycles. The molecule has 26 heavy (non-hydrogen) atoms. The number of piperidine rings is 1. The first-order chi connectivity index (χ1) is 12.5. The number of aromatic nitrogens is 2. The van der Waals surface area contributed by atoms with E-state index in [1.807, 2.05) is 17.8 Å². The lowest BCUT2D eigenvalue weighted by atomic mass is 9.96. The molecular weight excluding hydrogens is 335 g/mol. The summed E-state index contributed by atoms with van der Waals surface area (Å²) < 4.78 is 14.9. The van der Waals surface area contributed by atoms with E-state index in [0.717, 1.165) is 18.7 Å². The third-order valence-corrected chi connectivity index (χ3v) is 4.74. The molecule has 2 amide bonds. The Morgan fingerprint density at radius 3 is 2.77 bits per heavy atom. The van der Waals surface area contributed by atoms with Crippen LogP contribution in [0.5, 0.6) is 0 Å². The Morgan fingerprint density at radius 1 is 1.31 bits per heavy atom. The summed E-state index contributed by atoms with van der Waals surface area (Å²) in [5.41, 5.74) is 0.447. The standard InChI is InChI=1S/C19H23FN4O2/c1-23-12-10-21-17(23)8-9-22-18(25)15-3-2-11-24(13-15)19(26)14-4-6-16(20)7-5-14/h4-7,10,12,15H,2-3,8-9,11,13H2,1H3,(H,22,25). The minimum Gasteiger partial charge on any atom is -0.355 e. The molecule has 138 valence electrons. The first-order valence-corrected chi connectivity index (χ1v) is 8.83. The molecule has 0 radical (unpaired) electrons. The SMILES string of the molecule is Cn1ccnc1CCNC(=O)C1CCCN(C(=O)c2ccc(F)cc2)C1. The van der Waals surface area contributed by atoms with Crippen LogP contribution in [0.2, 0.25) is 0 Å². The molecule has 1 N–H and O–H groups in total. The highest BCUT2D eigenvalue weighted by Gasteiger charge is 2.28. The Hall–Kier alpha value is -2.70. The van der Waals surface area contributed by atoms with Gasteiger partial charge in [0.1, 0.15) is 11.6 Å². The number of halogens is 1. The van der Waals surface area contributed by atoms with Crippen molar-refractivity contribution in [2.75, 3.05) is 19.6 Å². The second-order valence-electron chi connectivity index (χ2n) is 6.59. The van der Waals surface area contributed by atoms with Crippen molar-refractivity contribution in [2.45, 2.75) is 19.3 Å². The average Bonchev–Trinajstić information content (AvgIpc) is 3.07. The molecule has 1 aliphatic heterocycles. The van der Waals surface area contributed by atoms with E-state index in [0.29, 0.717) is 31.6 Å². The lowest BCUT2D eigenvalue weighted by Crippen LogP contribution is -2.45. The summed E-state index contributed by atoms with van der Waals surface area (Å²) in [7, 11) is 1.92. The summed E-state index contributed by atoms with van der Waals surface area (Å²) in [4.78, 5) is 30.9. The zero-order valence-electron chi connectivity index (χ0n) is 14.8. The molecule has 3 rings (SSSR count). The number of hydrogen-bond acceptors (Lipinski definition) is 3. The van der Waals surface area contributed by atoms with Crippen molar-refractivity contribution in [3.63, 3.8) is 0 Å².